The summed E-state index contributed by atoms with van der Waals surface area (Å²) in [5.41, 5.74) is -1.18. The van der Waals surface area contributed by atoms with E-state index >= 15 is 0 Å². The molecule has 1 atom stereocenters. The second-order valence-corrected chi connectivity index (χ2v) is 10.0. The van der Waals surface area contributed by atoms with Crippen LogP contribution in [-0.2, 0) is 35.9 Å². The highest BCUT2D eigenvalue weighted by Gasteiger charge is 2.64. The van der Waals surface area contributed by atoms with Gasteiger partial charge in [0.1, 0.15) is 12.1 Å². The van der Waals surface area contributed by atoms with Gasteiger partial charge in [-0.3, -0.25) is 29.0 Å². The quantitative estimate of drug-likeness (QED) is 0.370. The Bertz CT molecular complexity index is 1190. The highest BCUT2D eigenvalue weighted by molar-refractivity contribution is 6.33. The number of esters is 1. The van der Waals surface area contributed by atoms with Gasteiger partial charge in [-0.2, -0.15) is 0 Å². The summed E-state index contributed by atoms with van der Waals surface area (Å²) in [5.74, 6) is -2.40. The number of hydrogen-bond acceptors (Lipinski definition) is 5. The lowest BCUT2D eigenvalue weighted by molar-refractivity contribution is -0.154. The normalized spacial score (nSPS) is 20.1. The zero-order valence-corrected chi connectivity index (χ0v) is 19.9. The summed E-state index contributed by atoms with van der Waals surface area (Å²) in [6, 6.07) is 11.5. The zero-order chi connectivity index (χ0) is 24.1. The predicted octanol–water partition coefficient (Wildman–Crippen LogP) is 3.88. The van der Waals surface area contributed by atoms with Gasteiger partial charge in [0.05, 0.1) is 13.0 Å². The van der Waals surface area contributed by atoms with Crippen molar-refractivity contribution < 1.29 is 23.9 Å². The number of imide groups is 1. The number of rotatable bonds is 4. The van der Waals surface area contributed by atoms with E-state index < -0.39 is 34.7 Å². The van der Waals surface area contributed by atoms with Crippen molar-refractivity contribution in [2.45, 2.75) is 44.8 Å². The molecule has 0 N–H and O–H groups in total. The van der Waals surface area contributed by atoms with Crippen molar-refractivity contribution in [2.75, 3.05) is 11.4 Å². The monoisotopic (exact) mass is 488 g/mol. The number of carbonyl (C=O) groups excluding carboxylic acids is 4. The molecule has 2 aromatic carbocycles. The van der Waals surface area contributed by atoms with E-state index in [1.807, 2.05) is 0 Å². The van der Waals surface area contributed by atoms with Gasteiger partial charge in [-0.1, -0.05) is 35.3 Å². The van der Waals surface area contributed by atoms with E-state index in [1.165, 1.54) is 11.0 Å². The smallest absolute Gasteiger partial charge is 0.326 e. The molecule has 2 aliphatic heterocycles. The SMILES string of the molecule is CC(C)(C)OC(=O)CN1C(=O)C2(CC(=O)N(Cc3cccc(Cl)c3)C2=O)c2cc(Cl)ccc21. The largest absolute Gasteiger partial charge is 0.459 e. The van der Waals surface area contributed by atoms with Crippen LogP contribution in [0.5, 0.6) is 0 Å². The van der Waals surface area contributed by atoms with Gasteiger partial charge in [0, 0.05) is 21.3 Å². The standard InChI is InChI=1S/C24H22Cl2N2O5/c1-23(2,3)33-20(30)13-27-18-8-7-16(26)10-17(18)24(21(27)31)11-19(29)28(22(24)32)12-14-5-4-6-15(25)9-14/h4-10H,11-13H2,1-3H3. The maximum Gasteiger partial charge on any atom is 0.326 e. The second-order valence-electron chi connectivity index (χ2n) is 9.14. The first-order chi connectivity index (χ1) is 15.4. The van der Waals surface area contributed by atoms with Crippen LogP contribution in [0.25, 0.3) is 0 Å². The Hall–Kier alpha value is -2.90. The molecule has 1 spiro atoms. The molecule has 2 aromatic rings. The first-order valence-electron chi connectivity index (χ1n) is 10.4. The molecular weight excluding hydrogens is 467 g/mol. The molecule has 0 saturated carbocycles. The molecule has 4 rings (SSSR count). The van der Waals surface area contributed by atoms with Crippen molar-refractivity contribution in [3.05, 3.63) is 63.6 Å². The minimum atomic E-state index is -1.77. The Morgan fingerprint density at radius 3 is 2.33 bits per heavy atom. The summed E-state index contributed by atoms with van der Waals surface area (Å²) in [4.78, 5) is 55.0. The Morgan fingerprint density at radius 1 is 1.00 bits per heavy atom. The van der Waals surface area contributed by atoms with Crippen molar-refractivity contribution in [1.82, 2.24) is 4.90 Å². The molecule has 9 heteroatoms. The van der Waals surface area contributed by atoms with Crippen LogP contribution in [0, 0.1) is 0 Å². The van der Waals surface area contributed by atoms with Crippen molar-refractivity contribution in [1.29, 1.82) is 0 Å². The van der Waals surface area contributed by atoms with Crippen LogP contribution < -0.4 is 4.90 Å². The van der Waals surface area contributed by atoms with E-state index in [4.69, 9.17) is 27.9 Å². The van der Waals surface area contributed by atoms with Gasteiger partial charge in [-0.25, -0.2) is 0 Å². The van der Waals surface area contributed by atoms with Crippen molar-refractivity contribution in [2.24, 2.45) is 0 Å². The van der Waals surface area contributed by atoms with Crippen LogP contribution in [0.15, 0.2) is 42.5 Å². The average Bonchev–Trinajstić information content (AvgIpc) is 3.08. The third kappa shape index (κ3) is 4.11. The van der Waals surface area contributed by atoms with Crippen LogP contribution in [0.4, 0.5) is 5.69 Å². The van der Waals surface area contributed by atoms with Crippen LogP contribution in [0.2, 0.25) is 10.0 Å². The number of benzene rings is 2. The van der Waals surface area contributed by atoms with Crippen LogP contribution in [0.1, 0.15) is 38.3 Å². The number of likely N-dealkylation sites (tertiary alicyclic amines) is 1. The molecule has 7 nitrogen and oxygen atoms in total. The fourth-order valence-corrected chi connectivity index (χ4v) is 4.68. The van der Waals surface area contributed by atoms with E-state index in [9.17, 15) is 19.2 Å². The molecule has 1 saturated heterocycles. The molecular formula is C24H22Cl2N2O5. The Morgan fingerprint density at radius 2 is 1.67 bits per heavy atom. The fourth-order valence-electron chi connectivity index (χ4n) is 4.30. The first-order valence-corrected chi connectivity index (χ1v) is 11.1. The number of ether oxygens (including phenoxy) is 1. The molecule has 0 bridgehead atoms. The number of carbonyl (C=O) groups is 4. The third-order valence-corrected chi connectivity index (χ3v) is 6.05. The molecule has 3 amide bonds. The highest BCUT2D eigenvalue weighted by atomic mass is 35.5. The summed E-state index contributed by atoms with van der Waals surface area (Å²) in [7, 11) is 0. The highest BCUT2D eigenvalue weighted by Crippen LogP contribution is 2.49. The molecule has 1 fully saturated rings. The molecule has 33 heavy (non-hydrogen) atoms. The molecule has 1 unspecified atom stereocenters. The third-order valence-electron chi connectivity index (χ3n) is 5.58. The topological polar surface area (TPSA) is 84.0 Å². The molecule has 2 heterocycles. The number of amides is 3. The minimum absolute atomic E-state index is 0.0186. The number of fused-ring (bicyclic) bond motifs is 2. The Kier molecular flexibility index (Phi) is 5.75. The number of nitrogens with zero attached hydrogens (tertiary/aromatic N) is 2. The lowest BCUT2D eigenvalue weighted by atomic mass is 9.80. The number of anilines is 1. The van der Waals surface area contributed by atoms with Gasteiger partial charge in [0.2, 0.25) is 17.7 Å². The van der Waals surface area contributed by atoms with Gasteiger partial charge in [-0.15, -0.1) is 0 Å². The van der Waals surface area contributed by atoms with Gasteiger partial charge in [0.25, 0.3) is 0 Å². The minimum Gasteiger partial charge on any atom is -0.459 e. The van der Waals surface area contributed by atoms with Crippen molar-refractivity contribution >= 4 is 52.6 Å². The zero-order valence-electron chi connectivity index (χ0n) is 18.4. The molecule has 172 valence electrons. The van der Waals surface area contributed by atoms with E-state index in [0.717, 1.165) is 4.90 Å². The lowest BCUT2D eigenvalue weighted by Gasteiger charge is -2.24. The van der Waals surface area contributed by atoms with E-state index in [2.05, 4.69) is 0 Å². The van der Waals surface area contributed by atoms with Gasteiger partial charge in [-0.05, 0) is 56.7 Å². The van der Waals surface area contributed by atoms with Crippen molar-refractivity contribution in [3.63, 3.8) is 0 Å². The van der Waals surface area contributed by atoms with Crippen LogP contribution in [0.3, 0.4) is 0 Å². The molecule has 0 aliphatic carbocycles. The van der Waals surface area contributed by atoms with E-state index in [1.54, 1.807) is 57.2 Å². The van der Waals surface area contributed by atoms with Gasteiger partial charge >= 0.3 is 5.97 Å². The maximum atomic E-state index is 13.7. The average molecular weight is 489 g/mol. The van der Waals surface area contributed by atoms with Crippen LogP contribution in [-0.4, -0.2) is 40.7 Å². The van der Waals surface area contributed by atoms with E-state index in [0.29, 0.717) is 26.9 Å². The second kappa shape index (κ2) is 8.15. The lowest BCUT2D eigenvalue weighted by Crippen LogP contribution is -2.48. The summed E-state index contributed by atoms with van der Waals surface area (Å²) in [6.45, 7) is 4.76. The van der Waals surface area contributed by atoms with Gasteiger partial charge in [0.15, 0.2) is 5.41 Å². The first kappa shape index (κ1) is 23.3. The number of hydrogen-bond donors (Lipinski definition) is 0. The van der Waals surface area contributed by atoms with Gasteiger partial charge < -0.3 is 4.74 Å². The summed E-state index contributed by atoms with van der Waals surface area (Å²) < 4.78 is 5.36. The predicted molar refractivity (Wildman–Crippen MR) is 123 cm³/mol. The van der Waals surface area contributed by atoms with Crippen molar-refractivity contribution in [3.8, 4) is 0 Å². The molecule has 2 aliphatic rings. The summed E-state index contributed by atoms with van der Waals surface area (Å²) >= 11 is 12.2. The molecule has 0 radical (unpaired) electrons. The molecule has 0 aromatic heterocycles. The van der Waals surface area contributed by atoms with E-state index in [-0.39, 0.29) is 19.5 Å². The number of halogens is 2. The summed E-state index contributed by atoms with van der Waals surface area (Å²) in [5, 5.41) is 0.785. The Labute approximate surface area is 201 Å². The maximum absolute atomic E-state index is 13.7. The van der Waals surface area contributed by atoms with Crippen LogP contribution >= 0.6 is 23.2 Å². The fraction of sp³-hybridized carbons (Fsp3) is 0.333. The Balaban J connectivity index is 1.72. The summed E-state index contributed by atoms with van der Waals surface area (Å²) in [6.07, 6.45) is -0.344.